The van der Waals surface area contributed by atoms with E-state index in [1.807, 2.05) is 18.2 Å². The van der Waals surface area contributed by atoms with Crippen LogP contribution >= 0.6 is 11.6 Å². The highest BCUT2D eigenvalue weighted by Crippen LogP contribution is 2.05. The summed E-state index contributed by atoms with van der Waals surface area (Å²) in [6.07, 6.45) is 7.56. The van der Waals surface area contributed by atoms with Gasteiger partial charge in [-0.05, 0) is 5.56 Å². The normalized spacial score (nSPS) is 11.0. The third-order valence-corrected chi connectivity index (χ3v) is 2.20. The van der Waals surface area contributed by atoms with Gasteiger partial charge >= 0.3 is 0 Å². The Morgan fingerprint density at radius 3 is 2.73 bits per heavy atom. The molecule has 0 saturated carbocycles. The van der Waals surface area contributed by atoms with Crippen LogP contribution in [0, 0.1) is 0 Å². The molecule has 0 spiro atoms. The van der Waals surface area contributed by atoms with E-state index >= 15 is 0 Å². The minimum Gasteiger partial charge on any atom is -0.267 e. The van der Waals surface area contributed by atoms with Gasteiger partial charge in [0.15, 0.2) is 0 Å². The smallest absolute Gasteiger partial charge is 0.0785 e. The lowest BCUT2D eigenvalue weighted by Crippen LogP contribution is -1.93. The lowest BCUT2D eigenvalue weighted by atomic mass is 10.2. The number of hydrogen-bond donors (Lipinski definition) is 0. The summed E-state index contributed by atoms with van der Waals surface area (Å²) < 4.78 is 1.79. The fraction of sp³-hybridized carbons (Fsp3) is 0.0833. The molecule has 0 fully saturated rings. The van der Waals surface area contributed by atoms with Crippen LogP contribution in [0.2, 0.25) is 5.02 Å². The fourth-order valence-electron chi connectivity index (χ4n) is 1.30. The highest BCUT2D eigenvalue weighted by Gasteiger charge is 1.91. The second kappa shape index (κ2) is 4.80. The van der Waals surface area contributed by atoms with Gasteiger partial charge in [-0.1, -0.05) is 54.1 Å². The van der Waals surface area contributed by atoms with Gasteiger partial charge in [0.05, 0.1) is 17.8 Å². The van der Waals surface area contributed by atoms with Crippen molar-refractivity contribution in [2.45, 2.75) is 6.54 Å². The molecule has 0 unspecified atom stereocenters. The minimum atomic E-state index is 0.670. The Morgan fingerprint density at radius 2 is 2.07 bits per heavy atom. The van der Waals surface area contributed by atoms with Crippen molar-refractivity contribution in [2.24, 2.45) is 0 Å². The Labute approximate surface area is 93.8 Å². The number of benzene rings is 1. The van der Waals surface area contributed by atoms with E-state index in [2.05, 4.69) is 29.4 Å². The van der Waals surface area contributed by atoms with Crippen LogP contribution in [0.1, 0.15) is 5.56 Å². The average Bonchev–Trinajstić information content (AvgIpc) is 2.66. The van der Waals surface area contributed by atoms with Gasteiger partial charge in [-0.3, -0.25) is 4.68 Å². The van der Waals surface area contributed by atoms with Crippen molar-refractivity contribution in [2.75, 3.05) is 0 Å². The van der Waals surface area contributed by atoms with Gasteiger partial charge in [0.1, 0.15) is 0 Å². The molecular formula is C12H11ClN2. The van der Waals surface area contributed by atoms with Crippen molar-refractivity contribution in [3.63, 3.8) is 0 Å². The second-order valence-electron chi connectivity index (χ2n) is 3.19. The first-order chi connectivity index (χ1) is 7.34. The third-order valence-electron chi connectivity index (χ3n) is 2.00. The molecule has 0 atom stereocenters. The number of halogens is 1. The van der Waals surface area contributed by atoms with E-state index < -0.39 is 0 Å². The number of rotatable bonds is 3. The molecule has 2 nitrogen and oxygen atoms in total. The van der Waals surface area contributed by atoms with Crippen molar-refractivity contribution in [3.8, 4) is 0 Å². The molecule has 0 saturated heterocycles. The Kier molecular flexibility index (Phi) is 3.20. The largest absolute Gasteiger partial charge is 0.267 e. The van der Waals surface area contributed by atoms with Gasteiger partial charge in [-0.15, -0.1) is 0 Å². The van der Waals surface area contributed by atoms with Crippen LogP contribution in [-0.4, -0.2) is 9.78 Å². The Bertz CT molecular complexity index is 446. The zero-order chi connectivity index (χ0) is 10.5. The highest BCUT2D eigenvalue weighted by molar-refractivity contribution is 6.30. The van der Waals surface area contributed by atoms with Crippen LogP contribution in [0.4, 0.5) is 0 Å². The van der Waals surface area contributed by atoms with Gasteiger partial charge in [0, 0.05) is 6.20 Å². The molecule has 1 aromatic carbocycles. The van der Waals surface area contributed by atoms with E-state index in [9.17, 15) is 0 Å². The molecule has 0 amide bonds. The van der Waals surface area contributed by atoms with Crippen LogP contribution in [0.5, 0.6) is 0 Å². The molecule has 2 rings (SSSR count). The number of allylic oxidation sites excluding steroid dienone is 1. The lowest BCUT2D eigenvalue weighted by Gasteiger charge is -1.94. The third kappa shape index (κ3) is 2.96. The molecule has 0 radical (unpaired) electrons. The Morgan fingerprint density at radius 1 is 1.27 bits per heavy atom. The summed E-state index contributed by atoms with van der Waals surface area (Å²) in [4.78, 5) is 0. The van der Waals surface area contributed by atoms with E-state index in [1.54, 1.807) is 17.1 Å². The number of nitrogens with zero attached hydrogens (tertiary/aromatic N) is 2. The molecular weight excluding hydrogens is 208 g/mol. The SMILES string of the molecule is Clc1cnn(C/C=C/c2ccccc2)c1. The molecule has 0 aliphatic heterocycles. The molecule has 0 N–H and O–H groups in total. The minimum absolute atomic E-state index is 0.670. The van der Waals surface area contributed by atoms with Gasteiger partial charge < -0.3 is 0 Å². The summed E-state index contributed by atoms with van der Waals surface area (Å²) in [5.41, 5.74) is 1.19. The summed E-state index contributed by atoms with van der Waals surface area (Å²) in [6.45, 7) is 0.738. The van der Waals surface area contributed by atoms with E-state index in [-0.39, 0.29) is 0 Å². The first-order valence-corrected chi connectivity index (χ1v) is 5.12. The summed E-state index contributed by atoms with van der Waals surface area (Å²) in [7, 11) is 0. The summed E-state index contributed by atoms with van der Waals surface area (Å²) in [5, 5.41) is 4.75. The predicted octanol–water partition coefficient (Wildman–Crippen LogP) is 3.25. The second-order valence-corrected chi connectivity index (χ2v) is 3.63. The maximum absolute atomic E-state index is 5.75. The molecule has 1 aromatic heterocycles. The summed E-state index contributed by atoms with van der Waals surface area (Å²) in [5.74, 6) is 0. The van der Waals surface area contributed by atoms with Crippen LogP contribution in [0.25, 0.3) is 6.08 Å². The van der Waals surface area contributed by atoms with Crippen LogP contribution < -0.4 is 0 Å². The predicted molar refractivity (Wildman–Crippen MR) is 62.7 cm³/mol. The first-order valence-electron chi connectivity index (χ1n) is 4.74. The Balaban J connectivity index is 1.96. The molecule has 76 valence electrons. The van der Waals surface area contributed by atoms with E-state index in [1.165, 1.54) is 5.56 Å². The van der Waals surface area contributed by atoms with Crippen LogP contribution in [-0.2, 0) is 6.54 Å². The molecule has 15 heavy (non-hydrogen) atoms. The number of aromatic nitrogens is 2. The Hall–Kier alpha value is -1.54. The topological polar surface area (TPSA) is 17.8 Å². The zero-order valence-electron chi connectivity index (χ0n) is 8.18. The van der Waals surface area contributed by atoms with E-state index in [0.717, 1.165) is 6.54 Å². The van der Waals surface area contributed by atoms with E-state index in [4.69, 9.17) is 11.6 Å². The van der Waals surface area contributed by atoms with Crippen molar-refractivity contribution in [1.29, 1.82) is 0 Å². The highest BCUT2D eigenvalue weighted by atomic mass is 35.5. The van der Waals surface area contributed by atoms with Crippen LogP contribution in [0.15, 0.2) is 48.8 Å². The lowest BCUT2D eigenvalue weighted by molar-refractivity contribution is 0.703. The standard InChI is InChI=1S/C12H11ClN2/c13-12-9-14-15(10-12)8-4-7-11-5-2-1-3-6-11/h1-7,9-10H,8H2/b7-4+. The van der Waals surface area contributed by atoms with Gasteiger partial charge in [0.25, 0.3) is 0 Å². The zero-order valence-corrected chi connectivity index (χ0v) is 8.93. The van der Waals surface area contributed by atoms with Gasteiger partial charge in [-0.25, -0.2) is 0 Å². The molecule has 0 aliphatic rings. The molecule has 0 aliphatic carbocycles. The van der Waals surface area contributed by atoms with E-state index in [0.29, 0.717) is 5.02 Å². The monoisotopic (exact) mass is 218 g/mol. The fourth-order valence-corrected chi connectivity index (χ4v) is 1.46. The average molecular weight is 219 g/mol. The van der Waals surface area contributed by atoms with Crippen LogP contribution in [0.3, 0.4) is 0 Å². The van der Waals surface area contributed by atoms with Crippen molar-refractivity contribution < 1.29 is 0 Å². The molecule has 3 heteroatoms. The maximum Gasteiger partial charge on any atom is 0.0785 e. The van der Waals surface area contributed by atoms with Gasteiger partial charge in [0.2, 0.25) is 0 Å². The maximum atomic E-state index is 5.75. The quantitative estimate of drug-likeness (QED) is 0.774. The van der Waals surface area contributed by atoms with Gasteiger partial charge in [-0.2, -0.15) is 5.10 Å². The molecule has 0 bridgehead atoms. The first kappa shape index (κ1) is 9.99. The van der Waals surface area contributed by atoms with Crippen molar-refractivity contribution in [3.05, 3.63) is 59.4 Å². The summed E-state index contributed by atoms with van der Waals surface area (Å²) >= 11 is 5.75. The molecule has 1 heterocycles. The molecule has 2 aromatic rings. The van der Waals surface area contributed by atoms with Crippen molar-refractivity contribution >= 4 is 17.7 Å². The van der Waals surface area contributed by atoms with Crippen molar-refractivity contribution in [1.82, 2.24) is 9.78 Å². The summed E-state index contributed by atoms with van der Waals surface area (Å²) in [6, 6.07) is 10.2. The number of hydrogen-bond acceptors (Lipinski definition) is 1.